The molecule has 1 amide bonds. The SMILES string of the molecule is CCC(C)C(C(CC(=O)NC)OC)N(C)C. The Morgan fingerprint density at radius 2 is 2.00 bits per heavy atom. The molecule has 0 saturated heterocycles. The van der Waals surface area contributed by atoms with E-state index in [-0.39, 0.29) is 18.1 Å². The monoisotopic (exact) mass is 230 g/mol. The number of amides is 1. The summed E-state index contributed by atoms with van der Waals surface area (Å²) in [7, 11) is 7.40. The molecule has 0 saturated carbocycles. The summed E-state index contributed by atoms with van der Waals surface area (Å²) in [5.41, 5.74) is 0. The van der Waals surface area contributed by atoms with Gasteiger partial charge in [-0.05, 0) is 20.0 Å². The summed E-state index contributed by atoms with van der Waals surface area (Å²) in [5.74, 6) is 0.534. The van der Waals surface area contributed by atoms with E-state index < -0.39 is 0 Å². The Bertz CT molecular complexity index is 207. The van der Waals surface area contributed by atoms with E-state index in [0.29, 0.717) is 12.3 Å². The van der Waals surface area contributed by atoms with Crippen molar-refractivity contribution in [2.45, 2.75) is 38.8 Å². The highest BCUT2D eigenvalue weighted by Gasteiger charge is 2.29. The first-order valence-corrected chi connectivity index (χ1v) is 5.87. The van der Waals surface area contributed by atoms with Crippen LogP contribution < -0.4 is 5.32 Å². The van der Waals surface area contributed by atoms with Gasteiger partial charge in [-0.1, -0.05) is 20.3 Å². The van der Waals surface area contributed by atoms with E-state index >= 15 is 0 Å². The summed E-state index contributed by atoms with van der Waals surface area (Å²) in [6, 6.07) is 0.271. The lowest BCUT2D eigenvalue weighted by Crippen LogP contribution is -2.46. The van der Waals surface area contributed by atoms with Crippen LogP contribution in [0, 0.1) is 5.92 Å². The Morgan fingerprint density at radius 1 is 1.44 bits per heavy atom. The van der Waals surface area contributed by atoms with E-state index in [1.807, 2.05) is 14.1 Å². The molecule has 0 rings (SSSR count). The van der Waals surface area contributed by atoms with Crippen LogP contribution in [-0.2, 0) is 9.53 Å². The Hall–Kier alpha value is -0.610. The molecule has 0 fully saturated rings. The highest BCUT2D eigenvalue weighted by Crippen LogP contribution is 2.20. The van der Waals surface area contributed by atoms with Gasteiger partial charge in [0.1, 0.15) is 0 Å². The summed E-state index contributed by atoms with van der Waals surface area (Å²) in [6.07, 6.45) is 1.45. The molecule has 0 bridgehead atoms. The van der Waals surface area contributed by atoms with Gasteiger partial charge in [0.25, 0.3) is 0 Å². The molecule has 4 heteroatoms. The Kier molecular flexibility index (Phi) is 7.34. The second-order valence-corrected chi connectivity index (χ2v) is 4.49. The van der Waals surface area contributed by atoms with Crippen molar-refractivity contribution in [3.8, 4) is 0 Å². The number of carbonyl (C=O) groups is 1. The molecule has 0 radical (unpaired) electrons. The van der Waals surface area contributed by atoms with E-state index in [2.05, 4.69) is 24.1 Å². The normalized spacial score (nSPS) is 16.9. The van der Waals surface area contributed by atoms with E-state index in [1.54, 1.807) is 14.2 Å². The molecule has 1 N–H and O–H groups in total. The number of methoxy groups -OCH3 is 1. The van der Waals surface area contributed by atoms with Crippen molar-refractivity contribution in [2.75, 3.05) is 28.3 Å². The molecule has 0 spiro atoms. The molecule has 0 aromatic rings. The van der Waals surface area contributed by atoms with Crippen LogP contribution in [0.1, 0.15) is 26.7 Å². The van der Waals surface area contributed by atoms with E-state index in [0.717, 1.165) is 6.42 Å². The summed E-state index contributed by atoms with van der Waals surface area (Å²) in [4.78, 5) is 13.6. The van der Waals surface area contributed by atoms with Gasteiger partial charge in [-0.25, -0.2) is 0 Å². The minimum absolute atomic E-state index is 0.0296. The fourth-order valence-corrected chi connectivity index (χ4v) is 2.08. The van der Waals surface area contributed by atoms with Crippen LogP contribution in [0.25, 0.3) is 0 Å². The molecule has 16 heavy (non-hydrogen) atoms. The third-order valence-corrected chi connectivity index (χ3v) is 3.17. The lowest BCUT2D eigenvalue weighted by atomic mass is 9.91. The molecule has 4 nitrogen and oxygen atoms in total. The highest BCUT2D eigenvalue weighted by molar-refractivity contribution is 5.76. The van der Waals surface area contributed by atoms with Crippen LogP contribution in [0.3, 0.4) is 0 Å². The van der Waals surface area contributed by atoms with Crippen molar-refractivity contribution in [3.63, 3.8) is 0 Å². The summed E-state index contributed by atoms with van der Waals surface area (Å²) < 4.78 is 5.47. The molecule has 3 unspecified atom stereocenters. The molecule has 0 aliphatic heterocycles. The molecule has 0 heterocycles. The maximum Gasteiger partial charge on any atom is 0.222 e. The van der Waals surface area contributed by atoms with Gasteiger partial charge in [-0.15, -0.1) is 0 Å². The van der Waals surface area contributed by atoms with Crippen LogP contribution in [0.4, 0.5) is 0 Å². The molecule has 0 aliphatic rings. The summed E-state index contributed by atoms with van der Waals surface area (Å²) >= 11 is 0. The number of hydrogen-bond acceptors (Lipinski definition) is 3. The number of likely N-dealkylation sites (N-methyl/N-ethyl adjacent to an activating group) is 1. The van der Waals surface area contributed by atoms with Gasteiger partial charge in [0.15, 0.2) is 0 Å². The predicted molar refractivity (Wildman–Crippen MR) is 66.4 cm³/mol. The van der Waals surface area contributed by atoms with Crippen LogP contribution in [0.2, 0.25) is 0 Å². The average Bonchev–Trinajstić information content (AvgIpc) is 2.26. The van der Waals surface area contributed by atoms with E-state index in [9.17, 15) is 4.79 Å². The molecular formula is C12H26N2O2. The van der Waals surface area contributed by atoms with E-state index in [4.69, 9.17) is 4.74 Å². The fourth-order valence-electron chi connectivity index (χ4n) is 2.08. The Morgan fingerprint density at radius 3 is 2.31 bits per heavy atom. The van der Waals surface area contributed by atoms with Crippen LogP contribution >= 0.6 is 0 Å². The zero-order chi connectivity index (χ0) is 12.7. The third-order valence-electron chi connectivity index (χ3n) is 3.17. The largest absolute Gasteiger partial charge is 0.379 e. The number of nitrogens with zero attached hydrogens (tertiary/aromatic N) is 1. The zero-order valence-electron chi connectivity index (χ0n) is 11.4. The number of ether oxygens (including phenoxy) is 1. The standard InChI is InChI=1S/C12H26N2O2/c1-7-9(2)12(14(4)5)10(16-6)8-11(15)13-3/h9-10,12H,7-8H2,1-6H3,(H,13,15). The third kappa shape index (κ3) is 4.49. The Labute approximate surface area is 99.3 Å². The molecule has 0 aromatic carbocycles. The van der Waals surface area contributed by atoms with Crippen LogP contribution in [0.15, 0.2) is 0 Å². The second-order valence-electron chi connectivity index (χ2n) is 4.49. The Balaban J connectivity index is 4.64. The smallest absolute Gasteiger partial charge is 0.222 e. The number of hydrogen-bond donors (Lipinski definition) is 1. The first-order valence-electron chi connectivity index (χ1n) is 5.87. The van der Waals surface area contributed by atoms with Gasteiger partial charge >= 0.3 is 0 Å². The van der Waals surface area contributed by atoms with Crippen LogP contribution in [0.5, 0.6) is 0 Å². The minimum atomic E-state index is -0.0510. The van der Waals surface area contributed by atoms with Gasteiger partial charge in [0.05, 0.1) is 12.5 Å². The minimum Gasteiger partial charge on any atom is -0.379 e. The maximum atomic E-state index is 11.4. The maximum absolute atomic E-state index is 11.4. The zero-order valence-corrected chi connectivity index (χ0v) is 11.4. The molecule has 96 valence electrons. The summed E-state index contributed by atoms with van der Waals surface area (Å²) in [6.45, 7) is 4.36. The summed E-state index contributed by atoms with van der Waals surface area (Å²) in [5, 5.41) is 2.64. The van der Waals surface area contributed by atoms with Crippen molar-refractivity contribution in [2.24, 2.45) is 5.92 Å². The van der Waals surface area contributed by atoms with Crippen molar-refractivity contribution in [1.82, 2.24) is 10.2 Å². The molecule has 0 aliphatic carbocycles. The number of rotatable bonds is 7. The topological polar surface area (TPSA) is 41.6 Å². The number of nitrogens with one attached hydrogen (secondary N) is 1. The molecular weight excluding hydrogens is 204 g/mol. The molecule has 3 atom stereocenters. The van der Waals surface area contributed by atoms with Gasteiger partial charge in [0.2, 0.25) is 5.91 Å². The van der Waals surface area contributed by atoms with Gasteiger partial charge in [-0.2, -0.15) is 0 Å². The fraction of sp³-hybridized carbons (Fsp3) is 0.917. The quantitative estimate of drug-likeness (QED) is 0.712. The van der Waals surface area contributed by atoms with Crippen molar-refractivity contribution >= 4 is 5.91 Å². The van der Waals surface area contributed by atoms with E-state index in [1.165, 1.54) is 0 Å². The first kappa shape index (κ1) is 15.4. The highest BCUT2D eigenvalue weighted by atomic mass is 16.5. The van der Waals surface area contributed by atoms with Crippen molar-refractivity contribution < 1.29 is 9.53 Å². The second kappa shape index (κ2) is 7.63. The average molecular weight is 230 g/mol. The molecule has 0 aromatic heterocycles. The van der Waals surface area contributed by atoms with Crippen molar-refractivity contribution in [3.05, 3.63) is 0 Å². The lowest BCUT2D eigenvalue weighted by Gasteiger charge is -2.35. The van der Waals surface area contributed by atoms with Crippen LogP contribution in [-0.4, -0.2) is 51.2 Å². The van der Waals surface area contributed by atoms with Crippen molar-refractivity contribution in [1.29, 1.82) is 0 Å². The van der Waals surface area contributed by atoms with Gasteiger partial charge in [0, 0.05) is 20.2 Å². The van der Waals surface area contributed by atoms with Gasteiger partial charge in [-0.3, -0.25) is 4.79 Å². The first-order chi connectivity index (χ1) is 7.47. The lowest BCUT2D eigenvalue weighted by molar-refractivity contribution is -0.124. The van der Waals surface area contributed by atoms with Gasteiger partial charge < -0.3 is 15.0 Å². The predicted octanol–water partition coefficient (Wildman–Crippen LogP) is 1.11. The number of carbonyl (C=O) groups excluding carboxylic acids is 1.